The lowest BCUT2D eigenvalue weighted by Gasteiger charge is -2.14. The van der Waals surface area contributed by atoms with Crippen molar-refractivity contribution >= 4 is 22.4 Å². The van der Waals surface area contributed by atoms with Gasteiger partial charge in [-0.15, -0.1) is 0 Å². The van der Waals surface area contributed by atoms with Gasteiger partial charge < -0.3 is 14.8 Å². The van der Waals surface area contributed by atoms with Gasteiger partial charge in [0.15, 0.2) is 0 Å². The van der Waals surface area contributed by atoms with Crippen LogP contribution in [0.2, 0.25) is 0 Å². The summed E-state index contributed by atoms with van der Waals surface area (Å²) in [6, 6.07) is 27.3. The Hall–Kier alpha value is -3.79. The second kappa shape index (κ2) is 9.35. The Bertz CT molecular complexity index is 1210. The standard InChI is InChI=1S/C27H25NO3/c1-3-30-25-15-14-21(27(29)28-23-11-6-8-19(2)16-23)17-22(25)18-31-26-13-7-10-20-9-4-5-12-24(20)26/h4-17H,3,18H2,1-2H3,(H,28,29). The quantitative estimate of drug-likeness (QED) is 0.384. The number of hydrogen-bond donors (Lipinski definition) is 1. The third-order valence-corrected chi connectivity index (χ3v) is 5.03. The Labute approximate surface area is 182 Å². The van der Waals surface area contributed by atoms with Gasteiger partial charge in [0.1, 0.15) is 18.1 Å². The maximum atomic E-state index is 12.8. The number of hydrogen-bond acceptors (Lipinski definition) is 3. The van der Waals surface area contributed by atoms with Crippen LogP contribution in [0.4, 0.5) is 5.69 Å². The number of anilines is 1. The molecule has 4 nitrogen and oxygen atoms in total. The summed E-state index contributed by atoms with van der Waals surface area (Å²) >= 11 is 0. The Kier molecular flexibility index (Phi) is 6.18. The van der Waals surface area contributed by atoms with E-state index in [1.807, 2.05) is 80.6 Å². The molecule has 0 spiro atoms. The molecule has 4 aromatic carbocycles. The lowest BCUT2D eigenvalue weighted by atomic mass is 10.1. The third-order valence-electron chi connectivity index (χ3n) is 5.03. The van der Waals surface area contributed by atoms with Crippen molar-refractivity contribution in [1.29, 1.82) is 0 Å². The SMILES string of the molecule is CCOc1ccc(C(=O)Nc2cccc(C)c2)cc1COc1cccc2ccccc12. The molecule has 0 saturated heterocycles. The molecule has 0 fully saturated rings. The van der Waals surface area contributed by atoms with Gasteiger partial charge in [0.2, 0.25) is 0 Å². The van der Waals surface area contributed by atoms with E-state index in [1.165, 1.54) is 0 Å². The fourth-order valence-corrected chi connectivity index (χ4v) is 3.53. The number of benzene rings is 4. The Balaban J connectivity index is 1.57. The van der Waals surface area contributed by atoms with E-state index in [0.29, 0.717) is 18.8 Å². The van der Waals surface area contributed by atoms with Crippen LogP contribution in [0.1, 0.15) is 28.4 Å². The van der Waals surface area contributed by atoms with E-state index in [1.54, 1.807) is 6.07 Å². The molecule has 0 bridgehead atoms. The van der Waals surface area contributed by atoms with Crippen molar-refractivity contribution in [2.24, 2.45) is 0 Å². The lowest BCUT2D eigenvalue weighted by Crippen LogP contribution is -2.13. The molecule has 0 saturated carbocycles. The molecule has 156 valence electrons. The van der Waals surface area contributed by atoms with Gasteiger partial charge in [0.05, 0.1) is 6.61 Å². The van der Waals surface area contributed by atoms with Crippen molar-refractivity contribution in [3.05, 3.63) is 102 Å². The van der Waals surface area contributed by atoms with Gasteiger partial charge in [-0.3, -0.25) is 4.79 Å². The first-order valence-electron chi connectivity index (χ1n) is 10.4. The number of carbonyl (C=O) groups excluding carboxylic acids is 1. The summed E-state index contributed by atoms with van der Waals surface area (Å²) < 4.78 is 11.9. The summed E-state index contributed by atoms with van der Waals surface area (Å²) in [5, 5.41) is 5.13. The van der Waals surface area contributed by atoms with Crippen molar-refractivity contribution in [2.45, 2.75) is 20.5 Å². The summed E-state index contributed by atoms with van der Waals surface area (Å²) in [5.41, 5.74) is 3.24. The Morgan fingerprint density at radius 2 is 1.65 bits per heavy atom. The Morgan fingerprint density at radius 3 is 2.48 bits per heavy atom. The normalized spacial score (nSPS) is 10.6. The van der Waals surface area contributed by atoms with Crippen LogP contribution in [0, 0.1) is 6.92 Å². The summed E-state index contributed by atoms with van der Waals surface area (Å²) in [5.74, 6) is 1.35. The highest BCUT2D eigenvalue weighted by atomic mass is 16.5. The molecule has 0 heterocycles. The predicted molar refractivity (Wildman–Crippen MR) is 125 cm³/mol. The molecule has 4 rings (SSSR count). The first kappa shape index (κ1) is 20.5. The fourth-order valence-electron chi connectivity index (χ4n) is 3.53. The van der Waals surface area contributed by atoms with E-state index < -0.39 is 0 Å². The van der Waals surface area contributed by atoms with E-state index >= 15 is 0 Å². The highest BCUT2D eigenvalue weighted by Crippen LogP contribution is 2.28. The molecule has 1 N–H and O–H groups in total. The van der Waals surface area contributed by atoms with Crippen molar-refractivity contribution in [3.8, 4) is 11.5 Å². The number of ether oxygens (including phenoxy) is 2. The van der Waals surface area contributed by atoms with Gasteiger partial charge in [-0.05, 0) is 61.2 Å². The molecule has 4 aromatic rings. The zero-order chi connectivity index (χ0) is 21.6. The summed E-state index contributed by atoms with van der Waals surface area (Å²) in [6.07, 6.45) is 0. The molecule has 4 heteroatoms. The molecule has 0 atom stereocenters. The molecule has 31 heavy (non-hydrogen) atoms. The van der Waals surface area contributed by atoms with Crippen LogP contribution in [0.25, 0.3) is 10.8 Å². The van der Waals surface area contributed by atoms with Crippen molar-refractivity contribution in [2.75, 3.05) is 11.9 Å². The van der Waals surface area contributed by atoms with Crippen molar-refractivity contribution in [1.82, 2.24) is 0 Å². The first-order chi connectivity index (χ1) is 15.1. The molecule has 0 aromatic heterocycles. The largest absolute Gasteiger partial charge is 0.493 e. The molecule has 1 amide bonds. The van der Waals surface area contributed by atoms with Gasteiger partial charge in [-0.2, -0.15) is 0 Å². The number of carbonyl (C=O) groups is 1. The molecule has 0 unspecified atom stereocenters. The average Bonchev–Trinajstić information content (AvgIpc) is 2.78. The predicted octanol–water partition coefficient (Wildman–Crippen LogP) is 6.38. The van der Waals surface area contributed by atoms with Crippen LogP contribution in [0.15, 0.2) is 84.9 Å². The number of aryl methyl sites for hydroxylation is 1. The van der Waals surface area contributed by atoms with Crippen LogP contribution >= 0.6 is 0 Å². The molecule has 0 radical (unpaired) electrons. The van der Waals surface area contributed by atoms with E-state index in [9.17, 15) is 4.79 Å². The highest BCUT2D eigenvalue weighted by Gasteiger charge is 2.12. The molecule has 0 aliphatic heterocycles. The molecule has 0 aliphatic carbocycles. The van der Waals surface area contributed by atoms with E-state index in [0.717, 1.165) is 39.1 Å². The summed E-state index contributed by atoms with van der Waals surface area (Å²) in [6.45, 7) is 4.77. The van der Waals surface area contributed by atoms with Gasteiger partial charge in [0.25, 0.3) is 5.91 Å². The van der Waals surface area contributed by atoms with E-state index in [2.05, 4.69) is 17.4 Å². The minimum Gasteiger partial charge on any atom is -0.493 e. The van der Waals surface area contributed by atoms with Crippen molar-refractivity contribution in [3.63, 3.8) is 0 Å². The molecule has 0 aliphatic rings. The van der Waals surface area contributed by atoms with E-state index in [-0.39, 0.29) is 5.91 Å². The smallest absolute Gasteiger partial charge is 0.255 e. The minimum atomic E-state index is -0.167. The second-order valence-corrected chi connectivity index (χ2v) is 7.35. The summed E-state index contributed by atoms with van der Waals surface area (Å²) in [7, 11) is 0. The average molecular weight is 412 g/mol. The van der Waals surface area contributed by atoms with Crippen LogP contribution < -0.4 is 14.8 Å². The van der Waals surface area contributed by atoms with Gasteiger partial charge in [-0.25, -0.2) is 0 Å². The number of rotatable bonds is 7. The van der Waals surface area contributed by atoms with Gasteiger partial charge in [-0.1, -0.05) is 48.5 Å². The molecular formula is C27H25NO3. The van der Waals surface area contributed by atoms with E-state index in [4.69, 9.17) is 9.47 Å². The summed E-state index contributed by atoms with van der Waals surface area (Å²) in [4.78, 5) is 12.8. The Morgan fingerprint density at radius 1 is 0.839 bits per heavy atom. The number of fused-ring (bicyclic) bond motifs is 1. The minimum absolute atomic E-state index is 0.167. The van der Waals surface area contributed by atoms with Crippen LogP contribution in [0.5, 0.6) is 11.5 Å². The monoisotopic (exact) mass is 411 g/mol. The number of nitrogens with one attached hydrogen (secondary N) is 1. The lowest BCUT2D eigenvalue weighted by molar-refractivity contribution is 0.102. The highest BCUT2D eigenvalue weighted by molar-refractivity contribution is 6.04. The topological polar surface area (TPSA) is 47.6 Å². The van der Waals surface area contributed by atoms with Crippen LogP contribution in [-0.2, 0) is 6.61 Å². The van der Waals surface area contributed by atoms with Crippen LogP contribution in [0.3, 0.4) is 0 Å². The maximum absolute atomic E-state index is 12.8. The zero-order valence-electron chi connectivity index (χ0n) is 17.7. The maximum Gasteiger partial charge on any atom is 0.255 e. The van der Waals surface area contributed by atoms with Gasteiger partial charge in [0, 0.05) is 22.2 Å². The zero-order valence-corrected chi connectivity index (χ0v) is 17.7. The van der Waals surface area contributed by atoms with Crippen molar-refractivity contribution < 1.29 is 14.3 Å². The van der Waals surface area contributed by atoms with Crippen LogP contribution in [-0.4, -0.2) is 12.5 Å². The second-order valence-electron chi connectivity index (χ2n) is 7.35. The first-order valence-corrected chi connectivity index (χ1v) is 10.4. The fraction of sp³-hybridized carbons (Fsp3) is 0.148. The number of amides is 1. The van der Waals surface area contributed by atoms with Gasteiger partial charge >= 0.3 is 0 Å². The third kappa shape index (κ3) is 4.86. The molecular weight excluding hydrogens is 386 g/mol.